The van der Waals surface area contributed by atoms with Gasteiger partial charge in [-0.05, 0) is 51.0 Å². The summed E-state index contributed by atoms with van der Waals surface area (Å²) < 4.78 is 18.5. The third-order valence-electron chi connectivity index (χ3n) is 5.37. The van der Waals surface area contributed by atoms with E-state index in [1.807, 2.05) is 54.0 Å². The molecule has 0 aliphatic carbocycles. The van der Waals surface area contributed by atoms with Gasteiger partial charge in [0.25, 0.3) is 5.91 Å². The molecule has 1 aliphatic rings. The Morgan fingerprint density at radius 3 is 2.56 bits per heavy atom. The summed E-state index contributed by atoms with van der Waals surface area (Å²) in [7, 11) is 1.60. The number of aromatic nitrogens is 1. The second-order valence-corrected chi connectivity index (χ2v) is 8.69. The van der Waals surface area contributed by atoms with Crippen LogP contribution >= 0.6 is 0 Å². The molecule has 0 fully saturated rings. The van der Waals surface area contributed by atoms with E-state index >= 15 is 0 Å². The van der Waals surface area contributed by atoms with Gasteiger partial charge in [-0.3, -0.25) is 4.79 Å². The zero-order valence-corrected chi connectivity index (χ0v) is 19.1. The Bertz CT molecular complexity index is 1190. The Hall–Kier alpha value is -3.32. The molecule has 0 atom stereocenters. The van der Waals surface area contributed by atoms with Gasteiger partial charge in [-0.25, -0.2) is 9.69 Å². The predicted molar refractivity (Wildman–Crippen MR) is 122 cm³/mol. The monoisotopic (exact) mass is 436 g/mol. The van der Waals surface area contributed by atoms with Gasteiger partial charge in [-0.15, -0.1) is 0 Å². The summed E-state index contributed by atoms with van der Waals surface area (Å²) in [6.45, 7) is 8.03. The van der Waals surface area contributed by atoms with Crippen LogP contribution in [0.5, 0.6) is 5.75 Å². The van der Waals surface area contributed by atoms with Crippen LogP contribution in [0.1, 0.15) is 43.7 Å². The minimum Gasteiger partial charge on any atom is -0.497 e. The average Bonchev–Trinajstić information content (AvgIpc) is 3.00. The van der Waals surface area contributed by atoms with E-state index in [1.54, 1.807) is 27.9 Å². The Morgan fingerprint density at radius 1 is 1.12 bits per heavy atom. The van der Waals surface area contributed by atoms with Crippen LogP contribution in [0.25, 0.3) is 22.0 Å². The molecule has 0 radical (unpaired) electrons. The molecule has 7 heteroatoms. The summed E-state index contributed by atoms with van der Waals surface area (Å²) in [5, 5.41) is 0.896. The Kier molecular flexibility index (Phi) is 5.69. The first-order valence-electron chi connectivity index (χ1n) is 10.7. The van der Waals surface area contributed by atoms with Crippen LogP contribution in [-0.2, 0) is 22.7 Å². The minimum atomic E-state index is -0.725. The molecule has 1 aliphatic heterocycles. The Morgan fingerprint density at radius 2 is 1.88 bits per heavy atom. The molecule has 0 saturated heterocycles. The van der Waals surface area contributed by atoms with Gasteiger partial charge >= 0.3 is 6.09 Å². The number of methoxy groups -OCH3 is 1. The van der Waals surface area contributed by atoms with Crippen molar-refractivity contribution in [2.45, 2.75) is 46.6 Å². The second-order valence-electron chi connectivity index (χ2n) is 8.69. The molecule has 7 nitrogen and oxygen atoms in total. The summed E-state index contributed by atoms with van der Waals surface area (Å²) in [4.78, 5) is 28.1. The average molecular weight is 437 g/mol. The van der Waals surface area contributed by atoms with Gasteiger partial charge < -0.3 is 18.8 Å². The number of ether oxygens (including phenoxy) is 3. The van der Waals surface area contributed by atoms with Crippen LogP contribution in [0.15, 0.2) is 42.5 Å². The van der Waals surface area contributed by atoms with Crippen molar-refractivity contribution in [2.24, 2.45) is 0 Å². The van der Waals surface area contributed by atoms with Crippen molar-refractivity contribution in [3.05, 3.63) is 53.7 Å². The minimum absolute atomic E-state index is 0.130. The molecule has 0 bridgehead atoms. The Balaban J connectivity index is 2.00. The van der Waals surface area contributed by atoms with Crippen molar-refractivity contribution in [3.63, 3.8) is 0 Å². The van der Waals surface area contributed by atoms with Gasteiger partial charge in [0, 0.05) is 23.6 Å². The molecule has 0 unspecified atom stereocenters. The van der Waals surface area contributed by atoms with Crippen molar-refractivity contribution in [2.75, 3.05) is 13.7 Å². The molecule has 4 rings (SSSR count). The standard InChI is InChI=1S/C25H28N2O5/c1-6-31-15-27-20-13-17(30-5)11-12-19(20)21-18-10-8-7-9-16(18)14-26(23(28)22(21)27)24(29)32-25(2,3)4/h7-13H,6,14-15H2,1-5H3. The molecule has 0 spiro atoms. The molecular weight excluding hydrogens is 408 g/mol. The number of carbonyl (C=O) groups excluding carboxylic acids is 2. The quantitative estimate of drug-likeness (QED) is 0.562. The lowest BCUT2D eigenvalue weighted by Crippen LogP contribution is -2.40. The van der Waals surface area contributed by atoms with Crippen LogP contribution in [0.2, 0.25) is 0 Å². The maximum Gasteiger partial charge on any atom is 0.417 e. The van der Waals surface area contributed by atoms with Crippen LogP contribution in [0.4, 0.5) is 4.79 Å². The third-order valence-corrected chi connectivity index (χ3v) is 5.37. The SMILES string of the molecule is CCOCn1c2c(c3ccc(OC)cc31)-c1ccccc1CN(C(=O)OC(C)(C)C)C2=O. The van der Waals surface area contributed by atoms with Crippen molar-refractivity contribution in [1.82, 2.24) is 9.47 Å². The largest absolute Gasteiger partial charge is 0.497 e. The van der Waals surface area contributed by atoms with Crippen LogP contribution in [0.3, 0.4) is 0 Å². The van der Waals surface area contributed by atoms with Gasteiger partial charge in [-0.1, -0.05) is 24.3 Å². The van der Waals surface area contributed by atoms with E-state index in [-0.39, 0.29) is 13.3 Å². The highest BCUT2D eigenvalue weighted by molar-refractivity contribution is 6.14. The zero-order valence-electron chi connectivity index (χ0n) is 19.1. The number of carbonyl (C=O) groups is 2. The maximum atomic E-state index is 13.9. The smallest absolute Gasteiger partial charge is 0.417 e. The first-order valence-corrected chi connectivity index (χ1v) is 10.7. The van der Waals surface area contributed by atoms with Gasteiger partial charge in [0.15, 0.2) is 0 Å². The van der Waals surface area contributed by atoms with Crippen molar-refractivity contribution in [3.8, 4) is 16.9 Å². The highest BCUT2D eigenvalue weighted by Gasteiger charge is 2.37. The summed E-state index contributed by atoms with van der Waals surface area (Å²) in [6, 6.07) is 13.5. The maximum absolute atomic E-state index is 13.9. The highest BCUT2D eigenvalue weighted by atomic mass is 16.6. The third kappa shape index (κ3) is 3.84. The zero-order chi connectivity index (χ0) is 23.0. The van der Waals surface area contributed by atoms with E-state index in [4.69, 9.17) is 14.2 Å². The van der Waals surface area contributed by atoms with E-state index in [0.29, 0.717) is 18.1 Å². The number of rotatable bonds is 4. The number of hydrogen-bond acceptors (Lipinski definition) is 5. The molecule has 168 valence electrons. The molecule has 32 heavy (non-hydrogen) atoms. The van der Waals surface area contributed by atoms with Gasteiger partial charge in [-0.2, -0.15) is 0 Å². The molecule has 0 N–H and O–H groups in total. The number of nitrogens with zero attached hydrogens (tertiary/aromatic N) is 2. The van der Waals surface area contributed by atoms with E-state index in [1.165, 1.54) is 4.90 Å². The van der Waals surface area contributed by atoms with Crippen molar-refractivity contribution < 1.29 is 23.8 Å². The molecule has 2 heterocycles. The molecule has 2 aromatic carbocycles. The van der Waals surface area contributed by atoms with Gasteiger partial charge in [0.05, 0.1) is 19.2 Å². The number of hydrogen-bond donors (Lipinski definition) is 0. The molecule has 0 saturated carbocycles. The number of benzene rings is 2. The summed E-state index contributed by atoms with van der Waals surface area (Å²) >= 11 is 0. The Labute approximate surface area is 187 Å². The first kappa shape index (κ1) is 21.9. The molecule has 1 aromatic heterocycles. The van der Waals surface area contributed by atoms with Crippen molar-refractivity contribution >= 4 is 22.9 Å². The van der Waals surface area contributed by atoms with E-state index < -0.39 is 17.6 Å². The number of amides is 2. The molecule has 3 aromatic rings. The van der Waals surface area contributed by atoms with Crippen LogP contribution in [-0.4, -0.2) is 40.8 Å². The fourth-order valence-corrected chi connectivity index (χ4v) is 4.00. The number of imide groups is 1. The normalized spacial score (nSPS) is 13.5. The fourth-order valence-electron chi connectivity index (χ4n) is 4.00. The van der Waals surface area contributed by atoms with E-state index in [9.17, 15) is 9.59 Å². The summed E-state index contributed by atoms with van der Waals surface area (Å²) in [5.41, 5.74) is 3.05. The topological polar surface area (TPSA) is 70.0 Å². The number of fused-ring (bicyclic) bond motifs is 5. The van der Waals surface area contributed by atoms with Gasteiger partial charge in [0.2, 0.25) is 0 Å². The van der Waals surface area contributed by atoms with Crippen LogP contribution < -0.4 is 4.74 Å². The molecule has 2 amide bonds. The second kappa shape index (κ2) is 8.31. The summed E-state index contributed by atoms with van der Waals surface area (Å²) in [5.74, 6) is 0.257. The van der Waals surface area contributed by atoms with Crippen LogP contribution in [0, 0.1) is 0 Å². The molecular formula is C25H28N2O5. The van der Waals surface area contributed by atoms with Crippen molar-refractivity contribution in [1.29, 1.82) is 0 Å². The van der Waals surface area contributed by atoms with E-state index in [2.05, 4.69) is 0 Å². The van der Waals surface area contributed by atoms with E-state index in [0.717, 1.165) is 27.6 Å². The lowest BCUT2D eigenvalue weighted by molar-refractivity contribution is 0.0219. The lowest BCUT2D eigenvalue weighted by Gasteiger charge is -2.26. The summed E-state index contributed by atoms with van der Waals surface area (Å²) in [6.07, 6.45) is -0.670. The predicted octanol–water partition coefficient (Wildman–Crippen LogP) is 5.20. The fraction of sp³-hybridized carbons (Fsp3) is 0.360. The van der Waals surface area contributed by atoms with Gasteiger partial charge in [0.1, 0.15) is 23.8 Å². The highest BCUT2D eigenvalue weighted by Crippen LogP contribution is 2.41. The first-order chi connectivity index (χ1) is 15.2. The lowest BCUT2D eigenvalue weighted by atomic mass is 9.98.